The molecule has 3 heteroatoms. The summed E-state index contributed by atoms with van der Waals surface area (Å²) in [5.41, 5.74) is 0.607. The Morgan fingerprint density at radius 1 is 1.11 bits per heavy atom. The summed E-state index contributed by atoms with van der Waals surface area (Å²) in [6, 6.07) is 7.31. The fourth-order valence-corrected chi connectivity index (χ4v) is 2.03. The van der Waals surface area contributed by atoms with E-state index < -0.39 is 0 Å². The summed E-state index contributed by atoms with van der Waals surface area (Å²) in [7, 11) is 1.58. The van der Waals surface area contributed by atoms with Crippen molar-refractivity contribution in [2.24, 2.45) is 0 Å². The quantitative estimate of drug-likeness (QED) is 0.688. The van der Waals surface area contributed by atoms with Crippen LogP contribution in [0, 0.1) is 0 Å². The molecule has 0 unspecified atom stereocenters. The maximum atomic E-state index is 12.0. The summed E-state index contributed by atoms with van der Waals surface area (Å²) in [4.78, 5) is 12.0. The van der Waals surface area contributed by atoms with Crippen LogP contribution < -0.4 is 10.1 Å². The number of nitrogens with one attached hydrogen (secondary N) is 1. The molecule has 0 aliphatic carbocycles. The van der Waals surface area contributed by atoms with E-state index in [2.05, 4.69) is 12.2 Å². The van der Waals surface area contributed by atoms with Gasteiger partial charge in [0.2, 0.25) is 0 Å². The van der Waals surface area contributed by atoms with Crippen molar-refractivity contribution >= 4 is 5.91 Å². The second-order valence-corrected chi connectivity index (χ2v) is 4.72. The molecular formula is C16H25NO2. The van der Waals surface area contributed by atoms with Crippen LogP contribution in [0.5, 0.6) is 5.75 Å². The van der Waals surface area contributed by atoms with Gasteiger partial charge in [-0.3, -0.25) is 4.79 Å². The smallest absolute Gasteiger partial charge is 0.255 e. The maximum absolute atomic E-state index is 12.0. The van der Waals surface area contributed by atoms with Crippen molar-refractivity contribution in [1.82, 2.24) is 5.32 Å². The number of rotatable bonds is 9. The Hall–Kier alpha value is -1.51. The Balaban J connectivity index is 2.24. The summed E-state index contributed by atoms with van der Waals surface area (Å²) in [6.07, 6.45) is 7.38. The lowest BCUT2D eigenvalue weighted by Gasteiger charge is -2.08. The van der Waals surface area contributed by atoms with Crippen LogP contribution in [0.2, 0.25) is 0 Å². The number of benzene rings is 1. The largest absolute Gasteiger partial charge is 0.496 e. The second kappa shape index (κ2) is 9.42. The van der Waals surface area contributed by atoms with Crippen molar-refractivity contribution in [3.63, 3.8) is 0 Å². The van der Waals surface area contributed by atoms with Gasteiger partial charge in [-0.15, -0.1) is 0 Å². The molecule has 1 rings (SSSR count). The molecule has 3 nitrogen and oxygen atoms in total. The normalized spacial score (nSPS) is 10.2. The molecule has 0 heterocycles. The minimum atomic E-state index is -0.0500. The van der Waals surface area contributed by atoms with E-state index in [4.69, 9.17) is 4.74 Å². The summed E-state index contributed by atoms with van der Waals surface area (Å²) >= 11 is 0. The van der Waals surface area contributed by atoms with E-state index in [1.165, 1.54) is 32.1 Å². The number of amides is 1. The first kappa shape index (κ1) is 15.5. The molecule has 0 spiro atoms. The molecule has 1 aromatic rings. The lowest BCUT2D eigenvalue weighted by atomic mass is 10.1. The highest BCUT2D eigenvalue weighted by atomic mass is 16.5. The Morgan fingerprint density at radius 2 is 1.79 bits per heavy atom. The first-order valence-electron chi connectivity index (χ1n) is 7.20. The van der Waals surface area contributed by atoms with Gasteiger partial charge in [-0.1, -0.05) is 51.2 Å². The molecular weight excluding hydrogens is 238 g/mol. The van der Waals surface area contributed by atoms with Crippen LogP contribution in [0.1, 0.15) is 55.8 Å². The minimum absolute atomic E-state index is 0.0500. The molecule has 19 heavy (non-hydrogen) atoms. The Bertz CT molecular complexity index is 377. The number of para-hydroxylation sites is 1. The molecule has 1 aromatic carbocycles. The molecule has 0 atom stereocenters. The van der Waals surface area contributed by atoms with E-state index >= 15 is 0 Å². The van der Waals surface area contributed by atoms with Crippen LogP contribution in [0.15, 0.2) is 24.3 Å². The number of hydrogen-bond donors (Lipinski definition) is 1. The second-order valence-electron chi connectivity index (χ2n) is 4.72. The number of ether oxygens (including phenoxy) is 1. The number of methoxy groups -OCH3 is 1. The molecule has 1 amide bonds. The van der Waals surface area contributed by atoms with Crippen LogP contribution in [0.25, 0.3) is 0 Å². The zero-order valence-corrected chi connectivity index (χ0v) is 12.1. The van der Waals surface area contributed by atoms with Gasteiger partial charge in [-0.25, -0.2) is 0 Å². The van der Waals surface area contributed by atoms with E-state index in [0.29, 0.717) is 11.3 Å². The van der Waals surface area contributed by atoms with Crippen molar-refractivity contribution in [2.75, 3.05) is 13.7 Å². The van der Waals surface area contributed by atoms with Gasteiger partial charge < -0.3 is 10.1 Å². The number of unbranched alkanes of at least 4 members (excludes halogenated alkanes) is 5. The van der Waals surface area contributed by atoms with Gasteiger partial charge in [-0.05, 0) is 18.6 Å². The third kappa shape index (κ3) is 5.77. The van der Waals surface area contributed by atoms with Crippen molar-refractivity contribution in [3.05, 3.63) is 29.8 Å². The minimum Gasteiger partial charge on any atom is -0.496 e. The molecule has 0 fully saturated rings. The van der Waals surface area contributed by atoms with E-state index in [1.807, 2.05) is 12.1 Å². The predicted molar refractivity (Wildman–Crippen MR) is 78.7 cm³/mol. The zero-order chi connectivity index (χ0) is 13.9. The molecule has 0 bridgehead atoms. The lowest BCUT2D eigenvalue weighted by Crippen LogP contribution is -2.24. The van der Waals surface area contributed by atoms with Crippen LogP contribution in [-0.2, 0) is 0 Å². The zero-order valence-electron chi connectivity index (χ0n) is 12.1. The number of carbonyl (C=O) groups excluding carboxylic acids is 1. The first-order chi connectivity index (χ1) is 9.29. The maximum Gasteiger partial charge on any atom is 0.255 e. The average molecular weight is 263 g/mol. The van der Waals surface area contributed by atoms with Crippen molar-refractivity contribution in [3.8, 4) is 5.75 Å². The number of hydrogen-bond acceptors (Lipinski definition) is 2. The van der Waals surface area contributed by atoms with Gasteiger partial charge >= 0.3 is 0 Å². The molecule has 1 N–H and O–H groups in total. The van der Waals surface area contributed by atoms with Crippen LogP contribution >= 0.6 is 0 Å². The van der Waals surface area contributed by atoms with E-state index in [0.717, 1.165) is 13.0 Å². The fraction of sp³-hybridized carbons (Fsp3) is 0.562. The third-order valence-corrected chi connectivity index (χ3v) is 3.17. The van der Waals surface area contributed by atoms with Crippen LogP contribution in [0.4, 0.5) is 0 Å². The number of carbonyl (C=O) groups is 1. The van der Waals surface area contributed by atoms with Gasteiger partial charge in [-0.2, -0.15) is 0 Å². The standard InChI is InChI=1S/C16H25NO2/c1-3-4-5-6-7-10-13-17-16(18)14-11-8-9-12-15(14)19-2/h8-9,11-12H,3-7,10,13H2,1-2H3,(H,17,18). The van der Waals surface area contributed by atoms with E-state index in [1.54, 1.807) is 19.2 Å². The lowest BCUT2D eigenvalue weighted by molar-refractivity contribution is 0.0950. The Labute approximate surface area is 116 Å². The molecule has 0 radical (unpaired) electrons. The van der Waals surface area contributed by atoms with Gasteiger partial charge in [0, 0.05) is 6.54 Å². The van der Waals surface area contributed by atoms with Gasteiger partial charge in [0.1, 0.15) is 5.75 Å². The van der Waals surface area contributed by atoms with Gasteiger partial charge in [0.25, 0.3) is 5.91 Å². The summed E-state index contributed by atoms with van der Waals surface area (Å²) in [5, 5.41) is 2.95. The highest BCUT2D eigenvalue weighted by Crippen LogP contribution is 2.16. The van der Waals surface area contributed by atoms with Gasteiger partial charge in [0.05, 0.1) is 12.7 Å². The Morgan fingerprint density at radius 3 is 2.53 bits per heavy atom. The molecule has 0 aliphatic rings. The molecule has 0 saturated carbocycles. The summed E-state index contributed by atoms with van der Waals surface area (Å²) in [6.45, 7) is 2.95. The molecule has 0 aliphatic heterocycles. The molecule has 0 saturated heterocycles. The monoisotopic (exact) mass is 263 g/mol. The first-order valence-corrected chi connectivity index (χ1v) is 7.20. The summed E-state index contributed by atoms with van der Waals surface area (Å²) in [5.74, 6) is 0.578. The SMILES string of the molecule is CCCCCCCCNC(=O)c1ccccc1OC. The highest BCUT2D eigenvalue weighted by molar-refractivity contribution is 5.96. The van der Waals surface area contributed by atoms with Crippen LogP contribution in [-0.4, -0.2) is 19.6 Å². The van der Waals surface area contributed by atoms with Gasteiger partial charge in [0.15, 0.2) is 0 Å². The van der Waals surface area contributed by atoms with E-state index in [9.17, 15) is 4.79 Å². The fourth-order valence-electron chi connectivity index (χ4n) is 2.03. The Kier molecular flexibility index (Phi) is 7.71. The summed E-state index contributed by atoms with van der Waals surface area (Å²) < 4.78 is 5.18. The van der Waals surface area contributed by atoms with Crippen LogP contribution in [0.3, 0.4) is 0 Å². The topological polar surface area (TPSA) is 38.3 Å². The third-order valence-electron chi connectivity index (χ3n) is 3.17. The van der Waals surface area contributed by atoms with Crippen molar-refractivity contribution in [1.29, 1.82) is 0 Å². The van der Waals surface area contributed by atoms with Crippen molar-refractivity contribution in [2.45, 2.75) is 45.4 Å². The average Bonchev–Trinajstić information content (AvgIpc) is 2.46. The molecule has 106 valence electrons. The highest BCUT2D eigenvalue weighted by Gasteiger charge is 2.09. The predicted octanol–water partition coefficient (Wildman–Crippen LogP) is 3.79. The molecule has 0 aromatic heterocycles. The van der Waals surface area contributed by atoms with E-state index in [-0.39, 0.29) is 5.91 Å². The van der Waals surface area contributed by atoms with Crippen molar-refractivity contribution < 1.29 is 9.53 Å².